The Morgan fingerprint density at radius 2 is 1.62 bits per heavy atom. The van der Waals surface area contributed by atoms with E-state index in [1.165, 1.54) is 30.5 Å². The van der Waals surface area contributed by atoms with Crippen molar-refractivity contribution < 1.29 is 65.1 Å². The maximum atomic E-state index is 14.2. The number of fused-ring (bicyclic) bond motifs is 1. The van der Waals surface area contributed by atoms with Crippen molar-refractivity contribution >= 4 is 29.7 Å². The van der Waals surface area contributed by atoms with Crippen LogP contribution in [0.2, 0.25) is 0 Å². The van der Waals surface area contributed by atoms with Crippen molar-refractivity contribution in [3.05, 3.63) is 84.4 Å². The summed E-state index contributed by atoms with van der Waals surface area (Å²) in [7, 11) is -4.64. The van der Waals surface area contributed by atoms with Gasteiger partial charge in [0.2, 0.25) is 16.4 Å². The Hall–Kier alpha value is -4.26. The van der Waals surface area contributed by atoms with Crippen LogP contribution in [0.1, 0.15) is 52.0 Å². The number of nitrogens with zero attached hydrogens (tertiary/aromatic N) is 2. The fourth-order valence-electron chi connectivity index (χ4n) is 7.99. The quantitative estimate of drug-likeness (QED) is 0.0818. The predicted molar refractivity (Wildman–Crippen MR) is 240 cm³/mol. The third-order valence-corrected chi connectivity index (χ3v) is 15.1. The van der Waals surface area contributed by atoms with E-state index in [2.05, 4.69) is 17.3 Å². The first-order valence-electron chi connectivity index (χ1n) is 22.2. The van der Waals surface area contributed by atoms with Crippen molar-refractivity contribution in [2.45, 2.75) is 88.4 Å². The number of ether oxygens (including phenoxy) is 6. The first-order chi connectivity index (χ1) is 31.1. The summed E-state index contributed by atoms with van der Waals surface area (Å²) in [4.78, 5) is 28.7. The number of likely N-dealkylation sites (tertiary alicyclic amines) is 1. The molecule has 7 atom stereocenters. The number of piperidine rings is 1. The summed E-state index contributed by atoms with van der Waals surface area (Å²) in [6.07, 6.45) is -1.42. The molecule has 0 saturated carbocycles. The summed E-state index contributed by atoms with van der Waals surface area (Å²) < 4.78 is 88.7. The van der Waals surface area contributed by atoms with Gasteiger partial charge in [0.25, 0.3) is 0 Å². The molecule has 2 N–H and O–H groups in total. The van der Waals surface area contributed by atoms with Gasteiger partial charge in [-0.2, -0.15) is 4.31 Å². The molecular weight excluding hydrogens is 882 g/mol. The molecule has 1 amide bonds. The second-order valence-electron chi connectivity index (χ2n) is 17.3. The fourth-order valence-corrected chi connectivity index (χ4v) is 11.1. The number of amides is 1. The zero-order valence-electron chi connectivity index (χ0n) is 37.8. The third-order valence-electron chi connectivity index (χ3n) is 11.7. The van der Waals surface area contributed by atoms with Crippen LogP contribution in [0.4, 0.5) is 4.79 Å². The van der Waals surface area contributed by atoms with Gasteiger partial charge in [0.15, 0.2) is 12.4 Å². The lowest BCUT2D eigenvalue weighted by molar-refractivity contribution is -0.151. The molecule has 0 aromatic heterocycles. The highest BCUT2D eigenvalue weighted by Crippen LogP contribution is 2.49. The molecule has 3 heterocycles. The number of aliphatic hydroxyl groups is 1. The number of carbonyl (C=O) groups excluding carboxylic acids is 2. The number of rotatable bonds is 23. The minimum Gasteiger partial charge on any atom is -0.497 e. The number of nitrogens with one attached hydrogen (secondary N) is 1. The molecule has 0 bridgehead atoms. The smallest absolute Gasteiger partial charge is 0.417 e. The summed E-state index contributed by atoms with van der Waals surface area (Å²) in [5.41, 5.74) is 0.639. The minimum atomic E-state index is -4.13. The number of benzene rings is 3. The van der Waals surface area contributed by atoms with Crippen molar-refractivity contribution in [1.82, 2.24) is 14.5 Å². The number of sulfonamides is 1. The molecule has 3 saturated heterocycles. The standard InChI is InChI=1S/C46H64N3O14PS/c1-32(2)28-49(65(54,55)39-17-15-36(56-5)16-18-39)29-42(50)41(47-46(52)61-43-30-59-45-40(43)22-26-58-45)27-35-11-13-37(14-12-35)60-31-64(53,63-38-9-7-6-8-10-38)62-33(3)44(51)57-25-21-34-19-23-48(4)24-20-34/h6-18,32-34,40-43,45,50H,19-31H2,1-5H3,(H,47,52)/t33-,40-,41-,42+,43-,45+,64?/m0/s1. The Bertz CT molecular complexity index is 2120. The Morgan fingerprint density at radius 1 is 0.923 bits per heavy atom. The Labute approximate surface area is 382 Å². The van der Waals surface area contributed by atoms with Crippen LogP contribution in [0, 0.1) is 17.8 Å². The molecule has 0 aliphatic carbocycles. The Kier molecular flexibility index (Phi) is 18.1. The van der Waals surface area contributed by atoms with E-state index in [9.17, 15) is 27.7 Å². The molecule has 0 spiro atoms. The molecule has 65 heavy (non-hydrogen) atoms. The molecule has 0 radical (unpaired) electrons. The van der Waals surface area contributed by atoms with Gasteiger partial charge in [0, 0.05) is 13.1 Å². The summed E-state index contributed by atoms with van der Waals surface area (Å²) >= 11 is 0. The molecule has 19 heteroatoms. The zero-order valence-corrected chi connectivity index (χ0v) is 39.5. The van der Waals surface area contributed by atoms with E-state index in [1.807, 2.05) is 13.8 Å². The van der Waals surface area contributed by atoms with Crippen LogP contribution in [0.3, 0.4) is 0 Å². The number of carbonyl (C=O) groups is 2. The average Bonchev–Trinajstić information content (AvgIpc) is 3.91. The van der Waals surface area contributed by atoms with Gasteiger partial charge in [-0.25, -0.2) is 22.6 Å². The van der Waals surface area contributed by atoms with Crippen LogP contribution in [-0.2, 0) is 49.3 Å². The number of methoxy groups -OCH3 is 1. The van der Waals surface area contributed by atoms with E-state index >= 15 is 0 Å². The van der Waals surface area contributed by atoms with Crippen LogP contribution in [0.5, 0.6) is 17.2 Å². The zero-order chi connectivity index (χ0) is 46.6. The predicted octanol–water partition coefficient (Wildman–Crippen LogP) is 6.09. The molecule has 1 unspecified atom stereocenters. The monoisotopic (exact) mass is 945 g/mol. The molecule has 6 rings (SSSR count). The van der Waals surface area contributed by atoms with E-state index < -0.39 is 66.7 Å². The Balaban J connectivity index is 1.13. The van der Waals surface area contributed by atoms with E-state index in [0.717, 1.165) is 32.4 Å². The number of aliphatic hydroxyl groups excluding tert-OH is 1. The van der Waals surface area contributed by atoms with Gasteiger partial charge in [-0.1, -0.05) is 44.2 Å². The van der Waals surface area contributed by atoms with E-state index in [1.54, 1.807) is 66.7 Å². The second kappa shape index (κ2) is 23.5. The maximum absolute atomic E-state index is 14.2. The van der Waals surface area contributed by atoms with Crippen LogP contribution in [-0.4, -0.2) is 132 Å². The molecule has 3 fully saturated rings. The first-order valence-corrected chi connectivity index (χ1v) is 25.4. The number of esters is 1. The van der Waals surface area contributed by atoms with Crippen molar-refractivity contribution in [2.24, 2.45) is 17.8 Å². The van der Waals surface area contributed by atoms with Crippen molar-refractivity contribution in [3.8, 4) is 17.2 Å². The molecule has 3 aliphatic heterocycles. The topological polar surface area (TPSA) is 198 Å². The molecule has 3 aliphatic rings. The Morgan fingerprint density at radius 3 is 2.29 bits per heavy atom. The number of hydrogen-bond acceptors (Lipinski definition) is 15. The molecular formula is C46H64N3O14PS. The largest absolute Gasteiger partial charge is 0.497 e. The summed E-state index contributed by atoms with van der Waals surface area (Å²) in [6, 6.07) is 20.0. The first kappa shape index (κ1) is 50.2. The van der Waals surface area contributed by atoms with Crippen molar-refractivity contribution in [2.75, 3.05) is 66.5 Å². The van der Waals surface area contributed by atoms with Crippen LogP contribution in [0.25, 0.3) is 0 Å². The van der Waals surface area contributed by atoms with Crippen molar-refractivity contribution in [1.29, 1.82) is 0 Å². The third kappa shape index (κ3) is 14.6. The SMILES string of the molecule is COc1ccc(S(=O)(=O)N(CC(C)C)C[C@@H](O)[C@H](Cc2ccc(OCP(=O)(Oc3ccccc3)O[C@@H](C)C(=O)OCCC3CCN(C)CC3)cc2)NC(=O)O[C@H]2CO[C@H]3OCC[C@H]32)cc1. The molecule has 3 aromatic carbocycles. The number of alkyl carbamates (subject to hydrolysis) is 1. The lowest BCUT2D eigenvalue weighted by Gasteiger charge is -2.31. The van der Waals surface area contributed by atoms with Gasteiger partial charge >= 0.3 is 19.7 Å². The van der Waals surface area contributed by atoms with Crippen molar-refractivity contribution in [3.63, 3.8) is 0 Å². The lowest BCUT2D eigenvalue weighted by Crippen LogP contribution is -2.51. The highest BCUT2D eigenvalue weighted by atomic mass is 32.2. The maximum Gasteiger partial charge on any atom is 0.417 e. The van der Waals surface area contributed by atoms with Gasteiger partial charge < -0.3 is 48.3 Å². The average molecular weight is 946 g/mol. The van der Waals surface area contributed by atoms with Crippen LogP contribution >= 0.6 is 7.60 Å². The minimum absolute atomic E-state index is 0.0251. The lowest BCUT2D eigenvalue weighted by atomic mass is 9.94. The number of hydrogen-bond donors (Lipinski definition) is 2. The van der Waals surface area contributed by atoms with Gasteiger partial charge in [-0.15, -0.1) is 0 Å². The van der Waals surface area contributed by atoms with Gasteiger partial charge in [0.05, 0.1) is 49.9 Å². The summed E-state index contributed by atoms with van der Waals surface area (Å²) in [6.45, 7) is 7.84. The fraction of sp³-hybridized carbons (Fsp3) is 0.565. The summed E-state index contributed by atoms with van der Waals surface area (Å²) in [5.74, 6) is 0.621. The van der Waals surface area contributed by atoms with E-state index in [-0.39, 0.29) is 61.0 Å². The van der Waals surface area contributed by atoms with Gasteiger partial charge in [0.1, 0.15) is 23.4 Å². The number of para-hydroxylation sites is 1. The van der Waals surface area contributed by atoms with Gasteiger partial charge in [-0.3, -0.25) is 4.52 Å². The van der Waals surface area contributed by atoms with E-state index in [0.29, 0.717) is 30.3 Å². The molecule has 358 valence electrons. The highest BCUT2D eigenvalue weighted by Gasteiger charge is 2.44. The van der Waals surface area contributed by atoms with Crippen LogP contribution < -0.4 is 19.3 Å². The van der Waals surface area contributed by atoms with Crippen LogP contribution in [0.15, 0.2) is 83.8 Å². The highest BCUT2D eigenvalue weighted by molar-refractivity contribution is 7.89. The van der Waals surface area contributed by atoms with Gasteiger partial charge in [-0.05, 0) is 125 Å². The molecule has 17 nitrogen and oxygen atoms in total. The normalized spacial score (nSPS) is 21.5. The van der Waals surface area contributed by atoms with E-state index in [4.69, 9.17) is 37.5 Å². The molecule has 3 aromatic rings. The second-order valence-corrected chi connectivity index (χ2v) is 21.1. The summed E-state index contributed by atoms with van der Waals surface area (Å²) in [5, 5.41) is 14.6.